The quantitative estimate of drug-likeness (QED) is 0.809. The highest BCUT2D eigenvalue weighted by molar-refractivity contribution is 5.41. The van der Waals surface area contributed by atoms with Crippen molar-refractivity contribution in [3.05, 3.63) is 41.5 Å². The average molecular weight is 247 g/mol. The number of hydrogen-bond donors (Lipinski definition) is 1. The standard InChI is InChI=1S/C16H25NO/c1-6-13-7-8-15(18-11-12(2)10-17)14(9-13)16(3,4)5/h7-9H,2,6,10-11,17H2,1,3-5H3. The molecular weight excluding hydrogens is 222 g/mol. The third-order valence-electron chi connectivity index (χ3n) is 2.98. The van der Waals surface area contributed by atoms with Gasteiger partial charge in [0.1, 0.15) is 12.4 Å². The molecule has 0 heterocycles. The third kappa shape index (κ3) is 3.88. The molecule has 0 atom stereocenters. The predicted molar refractivity (Wildman–Crippen MR) is 78.2 cm³/mol. The molecule has 0 amide bonds. The second-order valence-corrected chi connectivity index (χ2v) is 5.68. The van der Waals surface area contributed by atoms with Gasteiger partial charge in [0.05, 0.1) is 0 Å². The molecule has 0 saturated heterocycles. The van der Waals surface area contributed by atoms with Crippen LogP contribution in [0.1, 0.15) is 38.8 Å². The van der Waals surface area contributed by atoms with Gasteiger partial charge in [0.2, 0.25) is 0 Å². The van der Waals surface area contributed by atoms with Crippen LogP contribution in [0.2, 0.25) is 0 Å². The maximum absolute atomic E-state index is 5.84. The molecule has 0 aliphatic carbocycles. The van der Waals surface area contributed by atoms with Crippen LogP contribution in [0.4, 0.5) is 0 Å². The van der Waals surface area contributed by atoms with E-state index in [0.717, 1.165) is 17.7 Å². The zero-order valence-electron chi connectivity index (χ0n) is 12.0. The molecule has 0 saturated carbocycles. The number of nitrogens with two attached hydrogens (primary N) is 1. The summed E-state index contributed by atoms with van der Waals surface area (Å²) in [5.74, 6) is 0.939. The van der Waals surface area contributed by atoms with E-state index in [1.54, 1.807) is 0 Å². The largest absolute Gasteiger partial charge is 0.489 e. The number of rotatable bonds is 5. The molecule has 0 bridgehead atoms. The molecule has 100 valence electrons. The lowest BCUT2D eigenvalue weighted by Crippen LogP contribution is -2.16. The minimum atomic E-state index is 0.0740. The monoisotopic (exact) mass is 247 g/mol. The number of benzene rings is 1. The van der Waals surface area contributed by atoms with Gasteiger partial charge in [-0.3, -0.25) is 0 Å². The lowest BCUT2D eigenvalue weighted by molar-refractivity contribution is 0.339. The minimum Gasteiger partial charge on any atom is -0.489 e. The number of aryl methyl sites for hydroxylation is 1. The fourth-order valence-corrected chi connectivity index (χ4v) is 1.75. The van der Waals surface area contributed by atoms with Crippen LogP contribution < -0.4 is 10.5 Å². The first kappa shape index (κ1) is 14.8. The minimum absolute atomic E-state index is 0.0740. The van der Waals surface area contributed by atoms with Crippen molar-refractivity contribution in [3.8, 4) is 5.75 Å². The Morgan fingerprint density at radius 1 is 1.33 bits per heavy atom. The van der Waals surface area contributed by atoms with Crippen molar-refractivity contribution in [3.63, 3.8) is 0 Å². The van der Waals surface area contributed by atoms with Crippen LogP contribution in [0.25, 0.3) is 0 Å². The maximum Gasteiger partial charge on any atom is 0.123 e. The Balaban J connectivity index is 2.99. The maximum atomic E-state index is 5.84. The molecule has 0 unspecified atom stereocenters. The van der Waals surface area contributed by atoms with Gasteiger partial charge in [-0.05, 0) is 34.6 Å². The van der Waals surface area contributed by atoms with E-state index in [1.165, 1.54) is 11.1 Å². The average Bonchev–Trinajstić information content (AvgIpc) is 2.34. The van der Waals surface area contributed by atoms with Crippen molar-refractivity contribution in [1.29, 1.82) is 0 Å². The lowest BCUT2D eigenvalue weighted by atomic mass is 9.85. The second kappa shape index (κ2) is 6.05. The lowest BCUT2D eigenvalue weighted by Gasteiger charge is -2.24. The summed E-state index contributed by atoms with van der Waals surface area (Å²) in [6, 6.07) is 6.42. The fraction of sp³-hybridized carbons (Fsp3) is 0.500. The van der Waals surface area contributed by atoms with E-state index in [0.29, 0.717) is 13.2 Å². The van der Waals surface area contributed by atoms with Gasteiger partial charge in [0, 0.05) is 6.54 Å². The highest BCUT2D eigenvalue weighted by Crippen LogP contribution is 2.32. The van der Waals surface area contributed by atoms with Crippen LogP contribution in [0, 0.1) is 0 Å². The van der Waals surface area contributed by atoms with Crippen molar-refractivity contribution in [2.75, 3.05) is 13.2 Å². The van der Waals surface area contributed by atoms with Gasteiger partial charge in [0.25, 0.3) is 0 Å². The molecule has 1 rings (SSSR count). The summed E-state index contributed by atoms with van der Waals surface area (Å²) in [5.41, 5.74) is 9.09. The zero-order valence-corrected chi connectivity index (χ0v) is 12.0. The Bertz CT molecular complexity index is 416. The van der Waals surface area contributed by atoms with Gasteiger partial charge in [-0.25, -0.2) is 0 Å². The smallest absolute Gasteiger partial charge is 0.123 e. The van der Waals surface area contributed by atoms with Crippen LogP contribution in [0.3, 0.4) is 0 Å². The molecule has 0 aromatic heterocycles. The Hall–Kier alpha value is -1.28. The molecule has 1 aromatic carbocycles. The fourth-order valence-electron chi connectivity index (χ4n) is 1.75. The van der Waals surface area contributed by atoms with Crippen LogP contribution in [0.5, 0.6) is 5.75 Å². The molecule has 0 fully saturated rings. The van der Waals surface area contributed by atoms with Crippen LogP contribution in [0.15, 0.2) is 30.4 Å². The second-order valence-electron chi connectivity index (χ2n) is 5.68. The SMILES string of the molecule is C=C(CN)COc1ccc(CC)cc1C(C)(C)C. The highest BCUT2D eigenvalue weighted by atomic mass is 16.5. The topological polar surface area (TPSA) is 35.2 Å². The van der Waals surface area contributed by atoms with Crippen molar-refractivity contribution < 1.29 is 4.74 Å². The number of hydrogen-bond acceptors (Lipinski definition) is 2. The number of ether oxygens (including phenoxy) is 1. The summed E-state index contributed by atoms with van der Waals surface area (Å²) in [7, 11) is 0. The Morgan fingerprint density at radius 3 is 2.50 bits per heavy atom. The molecule has 0 spiro atoms. The van der Waals surface area contributed by atoms with E-state index < -0.39 is 0 Å². The normalized spacial score (nSPS) is 11.4. The van der Waals surface area contributed by atoms with E-state index in [9.17, 15) is 0 Å². The molecule has 0 aliphatic rings. The van der Waals surface area contributed by atoms with Gasteiger partial charge >= 0.3 is 0 Å². The molecule has 2 nitrogen and oxygen atoms in total. The van der Waals surface area contributed by atoms with Crippen molar-refractivity contribution in [2.24, 2.45) is 5.73 Å². The Morgan fingerprint density at radius 2 is 2.00 bits per heavy atom. The highest BCUT2D eigenvalue weighted by Gasteiger charge is 2.19. The first-order valence-corrected chi connectivity index (χ1v) is 6.51. The molecule has 2 N–H and O–H groups in total. The van der Waals surface area contributed by atoms with E-state index in [2.05, 4.69) is 52.5 Å². The van der Waals surface area contributed by atoms with Gasteiger partial charge < -0.3 is 10.5 Å². The van der Waals surface area contributed by atoms with Crippen LogP contribution in [-0.2, 0) is 11.8 Å². The van der Waals surface area contributed by atoms with E-state index in [-0.39, 0.29) is 5.41 Å². The molecule has 2 heteroatoms. The zero-order chi connectivity index (χ0) is 13.8. The van der Waals surface area contributed by atoms with Crippen molar-refractivity contribution >= 4 is 0 Å². The van der Waals surface area contributed by atoms with E-state index in [4.69, 9.17) is 10.5 Å². The molecule has 0 aliphatic heterocycles. The Kier molecular flexibility index (Phi) is 4.97. The summed E-state index contributed by atoms with van der Waals surface area (Å²) in [5, 5.41) is 0. The van der Waals surface area contributed by atoms with Gasteiger partial charge in [0.15, 0.2) is 0 Å². The first-order valence-electron chi connectivity index (χ1n) is 6.51. The summed E-state index contributed by atoms with van der Waals surface area (Å²) in [6.07, 6.45) is 1.04. The molecular formula is C16H25NO. The van der Waals surface area contributed by atoms with Gasteiger partial charge in [-0.1, -0.05) is 46.4 Å². The molecule has 1 aromatic rings. The summed E-state index contributed by atoms with van der Waals surface area (Å²) >= 11 is 0. The molecule has 18 heavy (non-hydrogen) atoms. The van der Waals surface area contributed by atoms with Crippen LogP contribution >= 0.6 is 0 Å². The van der Waals surface area contributed by atoms with Crippen molar-refractivity contribution in [1.82, 2.24) is 0 Å². The summed E-state index contributed by atoms with van der Waals surface area (Å²) in [4.78, 5) is 0. The van der Waals surface area contributed by atoms with E-state index >= 15 is 0 Å². The predicted octanol–water partition coefficient (Wildman–Crippen LogP) is 3.44. The first-order chi connectivity index (χ1) is 8.38. The van der Waals surface area contributed by atoms with Gasteiger partial charge in [-0.15, -0.1) is 0 Å². The van der Waals surface area contributed by atoms with E-state index in [1.807, 2.05) is 0 Å². The summed E-state index contributed by atoms with van der Waals surface area (Å²) < 4.78 is 5.84. The molecule has 0 radical (unpaired) electrons. The summed E-state index contributed by atoms with van der Waals surface area (Å²) in [6.45, 7) is 13.6. The third-order valence-corrected chi connectivity index (χ3v) is 2.98. The van der Waals surface area contributed by atoms with Gasteiger partial charge in [-0.2, -0.15) is 0 Å². The Labute approximate surface area is 111 Å². The van der Waals surface area contributed by atoms with Crippen LogP contribution in [-0.4, -0.2) is 13.2 Å². The van der Waals surface area contributed by atoms with Crippen molar-refractivity contribution in [2.45, 2.75) is 39.5 Å².